The molecule has 4 heteroatoms. The maximum absolute atomic E-state index is 10.6. The van der Waals surface area contributed by atoms with Crippen LogP contribution in [0.4, 0.5) is 0 Å². The highest BCUT2D eigenvalue weighted by molar-refractivity contribution is 5.89. The second-order valence-corrected chi connectivity index (χ2v) is 3.88. The van der Waals surface area contributed by atoms with Crippen LogP contribution in [0.1, 0.15) is 52.0 Å². The van der Waals surface area contributed by atoms with Gasteiger partial charge in [-0.15, -0.1) is 0 Å². The molecule has 0 saturated carbocycles. The lowest BCUT2D eigenvalue weighted by molar-refractivity contribution is -0.114. The third-order valence-corrected chi connectivity index (χ3v) is 2.42. The summed E-state index contributed by atoms with van der Waals surface area (Å²) >= 11 is 0. The normalized spacial score (nSPS) is 10.8. The summed E-state index contributed by atoms with van der Waals surface area (Å²) in [6, 6.07) is 2.00. The molecule has 0 radical (unpaired) electrons. The first-order valence-corrected chi connectivity index (χ1v) is 6.50. The quantitative estimate of drug-likeness (QED) is 0.818. The summed E-state index contributed by atoms with van der Waals surface area (Å²) < 4.78 is 4.95. The van der Waals surface area contributed by atoms with Gasteiger partial charge in [-0.3, -0.25) is 4.79 Å². The van der Waals surface area contributed by atoms with E-state index in [0.29, 0.717) is 12.1 Å². The Hall–Kier alpha value is -1.58. The standard InChI is InChI=1S/C7H11NO.C7H13NO/c1-3-6-5-7(4-2)9-8-6;1-3-6(8)5-7(9)4-2/h5H,3-4H2,1-2H3;5H,3-4,8H2,1-2H3/b;6-5-. The highest BCUT2D eigenvalue weighted by Gasteiger charge is 1.97. The number of nitrogens with two attached hydrogens (primary N) is 1. The van der Waals surface area contributed by atoms with Gasteiger partial charge in [-0.25, -0.2) is 0 Å². The molecule has 0 aliphatic rings. The molecule has 2 N–H and O–H groups in total. The molecular weight excluding hydrogens is 228 g/mol. The van der Waals surface area contributed by atoms with E-state index < -0.39 is 0 Å². The first-order valence-electron chi connectivity index (χ1n) is 6.50. The Morgan fingerprint density at radius 3 is 2.28 bits per heavy atom. The molecule has 1 rings (SSSR count). The third-order valence-electron chi connectivity index (χ3n) is 2.42. The van der Waals surface area contributed by atoms with Crippen molar-refractivity contribution in [2.75, 3.05) is 0 Å². The zero-order chi connectivity index (χ0) is 14.0. The fraction of sp³-hybridized carbons (Fsp3) is 0.571. The summed E-state index contributed by atoms with van der Waals surface area (Å²) in [6.45, 7) is 7.87. The molecular formula is C14H24N2O2. The Labute approximate surface area is 109 Å². The number of nitrogens with zero attached hydrogens (tertiary/aromatic N) is 1. The van der Waals surface area contributed by atoms with E-state index in [1.807, 2.05) is 19.9 Å². The van der Waals surface area contributed by atoms with E-state index in [9.17, 15) is 4.79 Å². The number of hydrogen-bond acceptors (Lipinski definition) is 4. The first-order chi connectivity index (χ1) is 8.57. The summed E-state index contributed by atoms with van der Waals surface area (Å²) in [6.07, 6.45) is 4.70. The van der Waals surface area contributed by atoms with Gasteiger partial charge in [0.15, 0.2) is 5.78 Å². The number of ketones is 1. The molecule has 1 aromatic heterocycles. The molecule has 0 saturated heterocycles. The van der Waals surface area contributed by atoms with Crippen LogP contribution in [0.5, 0.6) is 0 Å². The van der Waals surface area contributed by atoms with Gasteiger partial charge in [0.1, 0.15) is 5.76 Å². The second kappa shape index (κ2) is 9.45. The van der Waals surface area contributed by atoms with Gasteiger partial charge in [0.05, 0.1) is 5.69 Å². The lowest BCUT2D eigenvalue weighted by Crippen LogP contribution is -1.99. The number of allylic oxidation sites excluding steroid dienone is 2. The number of carbonyl (C=O) groups excluding carboxylic acids is 1. The van der Waals surface area contributed by atoms with Gasteiger partial charge in [-0.05, 0) is 18.9 Å². The summed E-state index contributed by atoms with van der Waals surface area (Å²) in [4.78, 5) is 10.6. The van der Waals surface area contributed by atoms with Crippen LogP contribution in [0.2, 0.25) is 0 Å². The van der Waals surface area contributed by atoms with Gasteiger partial charge in [-0.1, -0.05) is 32.9 Å². The molecule has 1 heterocycles. The van der Waals surface area contributed by atoms with Crippen LogP contribution in [0.25, 0.3) is 0 Å². The minimum absolute atomic E-state index is 0.106. The maximum atomic E-state index is 10.6. The zero-order valence-electron chi connectivity index (χ0n) is 11.8. The second-order valence-electron chi connectivity index (χ2n) is 3.88. The molecule has 0 aromatic carbocycles. The van der Waals surface area contributed by atoms with Crippen LogP contribution < -0.4 is 5.73 Å². The van der Waals surface area contributed by atoms with Crippen molar-refractivity contribution >= 4 is 5.78 Å². The van der Waals surface area contributed by atoms with Crippen LogP contribution in [-0.2, 0) is 17.6 Å². The Bertz CT molecular complexity index is 362. The van der Waals surface area contributed by atoms with Crippen molar-refractivity contribution in [3.63, 3.8) is 0 Å². The topological polar surface area (TPSA) is 69.1 Å². The highest BCUT2D eigenvalue weighted by atomic mass is 16.5. The van der Waals surface area contributed by atoms with Crippen molar-refractivity contribution < 1.29 is 9.32 Å². The number of aromatic nitrogens is 1. The number of aryl methyl sites for hydroxylation is 2. The molecule has 0 unspecified atom stereocenters. The summed E-state index contributed by atoms with van der Waals surface area (Å²) in [5.74, 6) is 1.08. The molecule has 0 amide bonds. The monoisotopic (exact) mass is 252 g/mol. The van der Waals surface area contributed by atoms with Gasteiger partial charge in [0.25, 0.3) is 0 Å². The van der Waals surface area contributed by atoms with Crippen LogP contribution in [-0.4, -0.2) is 10.9 Å². The minimum Gasteiger partial charge on any atom is -0.402 e. The molecule has 0 aliphatic carbocycles. The van der Waals surface area contributed by atoms with Crippen molar-refractivity contribution in [1.29, 1.82) is 0 Å². The number of carbonyl (C=O) groups is 1. The van der Waals surface area contributed by atoms with Gasteiger partial charge in [-0.2, -0.15) is 0 Å². The van der Waals surface area contributed by atoms with Crippen molar-refractivity contribution in [2.24, 2.45) is 5.73 Å². The van der Waals surface area contributed by atoms with Crippen molar-refractivity contribution in [2.45, 2.75) is 53.4 Å². The molecule has 0 bridgehead atoms. The van der Waals surface area contributed by atoms with Gasteiger partial charge >= 0.3 is 0 Å². The van der Waals surface area contributed by atoms with Gasteiger partial charge in [0, 0.05) is 24.6 Å². The molecule has 0 aliphatic heterocycles. The SMILES string of the molecule is CCC(=O)/C=C(\N)CC.CCc1cc(CC)on1. The predicted molar refractivity (Wildman–Crippen MR) is 73.1 cm³/mol. The van der Waals surface area contributed by atoms with E-state index >= 15 is 0 Å². The zero-order valence-corrected chi connectivity index (χ0v) is 11.8. The van der Waals surface area contributed by atoms with E-state index in [1.54, 1.807) is 0 Å². The maximum Gasteiger partial charge on any atom is 0.157 e. The lowest BCUT2D eigenvalue weighted by Gasteiger charge is -1.91. The van der Waals surface area contributed by atoms with E-state index in [-0.39, 0.29) is 5.78 Å². The molecule has 4 nitrogen and oxygen atoms in total. The minimum atomic E-state index is 0.106. The van der Waals surface area contributed by atoms with Crippen LogP contribution in [0.3, 0.4) is 0 Å². The summed E-state index contributed by atoms with van der Waals surface area (Å²) in [7, 11) is 0. The van der Waals surface area contributed by atoms with E-state index in [0.717, 1.165) is 30.7 Å². The van der Waals surface area contributed by atoms with E-state index in [4.69, 9.17) is 10.3 Å². The van der Waals surface area contributed by atoms with Gasteiger partial charge in [0.2, 0.25) is 0 Å². The molecule has 1 aromatic rings. The van der Waals surface area contributed by atoms with Crippen LogP contribution in [0, 0.1) is 0 Å². The van der Waals surface area contributed by atoms with Crippen molar-refractivity contribution in [3.05, 3.63) is 29.3 Å². The lowest BCUT2D eigenvalue weighted by atomic mass is 10.2. The van der Waals surface area contributed by atoms with Crippen molar-refractivity contribution in [3.8, 4) is 0 Å². The number of hydrogen-bond donors (Lipinski definition) is 1. The van der Waals surface area contributed by atoms with Crippen molar-refractivity contribution in [1.82, 2.24) is 5.16 Å². The third kappa shape index (κ3) is 6.89. The largest absolute Gasteiger partial charge is 0.402 e. The van der Waals surface area contributed by atoms with E-state index in [1.165, 1.54) is 6.08 Å². The van der Waals surface area contributed by atoms with E-state index in [2.05, 4.69) is 19.0 Å². The molecule has 102 valence electrons. The smallest absolute Gasteiger partial charge is 0.157 e. The summed E-state index contributed by atoms with van der Waals surface area (Å²) in [5.41, 5.74) is 7.11. The molecule has 0 atom stereocenters. The average molecular weight is 252 g/mol. The molecule has 18 heavy (non-hydrogen) atoms. The average Bonchev–Trinajstić information content (AvgIpc) is 2.87. The number of rotatable bonds is 5. The van der Waals surface area contributed by atoms with Crippen LogP contribution in [0.15, 0.2) is 22.4 Å². The van der Waals surface area contributed by atoms with Crippen LogP contribution >= 0.6 is 0 Å². The predicted octanol–water partition coefficient (Wildman–Crippen LogP) is 3.02. The Morgan fingerprint density at radius 1 is 1.28 bits per heavy atom. The molecule has 0 fully saturated rings. The first kappa shape index (κ1) is 16.4. The Balaban J connectivity index is 0.000000321. The molecule has 0 spiro atoms. The fourth-order valence-electron chi connectivity index (χ4n) is 1.10. The van der Waals surface area contributed by atoms with Gasteiger partial charge < -0.3 is 10.3 Å². The Kier molecular flexibility index (Phi) is 8.62. The fourth-order valence-corrected chi connectivity index (χ4v) is 1.10. The summed E-state index contributed by atoms with van der Waals surface area (Å²) in [5, 5.41) is 3.83. The Morgan fingerprint density at radius 2 is 1.94 bits per heavy atom. The highest BCUT2D eigenvalue weighted by Crippen LogP contribution is 2.03.